The molecule has 1 aromatic carbocycles. The van der Waals surface area contributed by atoms with Crippen LogP contribution in [0.2, 0.25) is 0 Å². The van der Waals surface area contributed by atoms with Gasteiger partial charge in [0.05, 0.1) is 13.2 Å². The van der Waals surface area contributed by atoms with E-state index in [1.54, 1.807) is 12.1 Å². The van der Waals surface area contributed by atoms with Gasteiger partial charge in [0.1, 0.15) is 5.75 Å². The molecule has 1 heterocycles. The standard InChI is InChI=1S/C15H16O4/c1-2-3-5-12-6-8-13(9-7-12)19-14(16)15-17-10-4-11-18-15/h6-9,15H,2,4,10-11H2,1H3. The number of benzene rings is 1. The molecule has 19 heavy (non-hydrogen) atoms. The zero-order valence-corrected chi connectivity index (χ0v) is 10.8. The van der Waals surface area contributed by atoms with Crippen LogP contribution in [-0.4, -0.2) is 25.5 Å². The topological polar surface area (TPSA) is 44.8 Å². The first kappa shape index (κ1) is 13.6. The minimum Gasteiger partial charge on any atom is -0.423 e. The lowest BCUT2D eigenvalue weighted by atomic mass is 10.2. The van der Waals surface area contributed by atoms with Crippen molar-refractivity contribution in [1.82, 2.24) is 0 Å². The van der Waals surface area contributed by atoms with Crippen molar-refractivity contribution in [3.8, 4) is 17.6 Å². The third-order valence-corrected chi connectivity index (χ3v) is 2.50. The molecule has 1 fully saturated rings. The summed E-state index contributed by atoms with van der Waals surface area (Å²) in [7, 11) is 0. The Morgan fingerprint density at radius 3 is 2.63 bits per heavy atom. The highest BCUT2D eigenvalue weighted by Gasteiger charge is 2.24. The van der Waals surface area contributed by atoms with Crippen LogP contribution in [0, 0.1) is 11.8 Å². The Morgan fingerprint density at radius 2 is 2.00 bits per heavy atom. The number of carbonyl (C=O) groups excluding carboxylic acids is 1. The van der Waals surface area contributed by atoms with Gasteiger partial charge in [0.2, 0.25) is 0 Å². The van der Waals surface area contributed by atoms with Crippen molar-refractivity contribution in [2.24, 2.45) is 0 Å². The number of ether oxygens (including phenoxy) is 3. The maximum atomic E-state index is 11.7. The first-order valence-electron chi connectivity index (χ1n) is 6.33. The average molecular weight is 260 g/mol. The fraction of sp³-hybridized carbons (Fsp3) is 0.400. The Morgan fingerprint density at radius 1 is 1.32 bits per heavy atom. The highest BCUT2D eigenvalue weighted by molar-refractivity contribution is 5.76. The van der Waals surface area contributed by atoms with E-state index in [2.05, 4.69) is 11.8 Å². The molecular formula is C15H16O4. The third-order valence-electron chi connectivity index (χ3n) is 2.50. The molecule has 0 N–H and O–H groups in total. The molecule has 1 saturated heterocycles. The zero-order chi connectivity index (χ0) is 13.5. The van der Waals surface area contributed by atoms with E-state index < -0.39 is 12.3 Å². The molecular weight excluding hydrogens is 244 g/mol. The molecule has 0 saturated carbocycles. The summed E-state index contributed by atoms with van der Waals surface area (Å²) in [6, 6.07) is 7.04. The Bertz CT molecular complexity index is 475. The van der Waals surface area contributed by atoms with E-state index in [1.165, 1.54) is 0 Å². The molecule has 4 heteroatoms. The average Bonchev–Trinajstić information content (AvgIpc) is 2.47. The Labute approximate surface area is 112 Å². The van der Waals surface area contributed by atoms with Crippen LogP contribution in [-0.2, 0) is 14.3 Å². The second-order valence-corrected chi connectivity index (χ2v) is 4.03. The minimum absolute atomic E-state index is 0.463. The summed E-state index contributed by atoms with van der Waals surface area (Å²) in [6.07, 6.45) is 0.704. The number of esters is 1. The molecule has 0 atom stereocenters. The Balaban J connectivity index is 1.93. The largest absolute Gasteiger partial charge is 0.423 e. The van der Waals surface area contributed by atoms with Crippen molar-refractivity contribution in [3.63, 3.8) is 0 Å². The zero-order valence-electron chi connectivity index (χ0n) is 10.8. The molecule has 1 aliphatic heterocycles. The van der Waals surface area contributed by atoms with Gasteiger partial charge in [-0.25, -0.2) is 4.79 Å². The quantitative estimate of drug-likeness (QED) is 0.464. The van der Waals surface area contributed by atoms with Gasteiger partial charge in [0.15, 0.2) is 0 Å². The Kier molecular flexibility index (Phi) is 4.96. The molecule has 1 aromatic rings. The molecule has 4 nitrogen and oxygen atoms in total. The lowest BCUT2D eigenvalue weighted by Gasteiger charge is -2.21. The fourth-order valence-electron chi connectivity index (χ4n) is 1.58. The highest BCUT2D eigenvalue weighted by Crippen LogP contribution is 2.14. The molecule has 0 aliphatic carbocycles. The smallest absolute Gasteiger partial charge is 0.368 e. The van der Waals surface area contributed by atoms with Crippen molar-refractivity contribution in [2.45, 2.75) is 26.1 Å². The van der Waals surface area contributed by atoms with Crippen molar-refractivity contribution in [3.05, 3.63) is 29.8 Å². The van der Waals surface area contributed by atoms with Gasteiger partial charge in [-0.1, -0.05) is 18.8 Å². The van der Waals surface area contributed by atoms with E-state index in [-0.39, 0.29) is 0 Å². The van der Waals surface area contributed by atoms with Crippen molar-refractivity contribution in [1.29, 1.82) is 0 Å². The maximum absolute atomic E-state index is 11.7. The number of carbonyl (C=O) groups is 1. The van der Waals surface area contributed by atoms with Crippen LogP contribution in [0.3, 0.4) is 0 Å². The summed E-state index contributed by atoms with van der Waals surface area (Å²) >= 11 is 0. The SMILES string of the molecule is CCC#Cc1ccc(OC(=O)C2OCCCO2)cc1. The van der Waals surface area contributed by atoms with Gasteiger partial charge in [0.25, 0.3) is 6.29 Å². The lowest BCUT2D eigenvalue weighted by Crippen LogP contribution is -2.35. The van der Waals surface area contributed by atoms with Crippen LogP contribution < -0.4 is 4.74 Å². The van der Waals surface area contributed by atoms with E-state index in [9.17, 15) is 4.79 Å². The highest BCUT2D eigenvalue weighted by atomic mass is 16.7. The van der Waals surface area contributed by atoms with Crippen LogP contribution in [0.1, 0.15) is 25.3 Å². The van der Waals surface area contributed by atoms with E-state index >= 15 is 0 Å². The van der Waals surface area contributed by atoms with E-state index in [4.69, 9.17) is 14.2 Å². The number of rotatable bonds is 2. The summed E-state index contributed by atoms with van der Waals surface area (Å²) in [5.41, 5.74) is 0.895. The van der Waals surface area contributed by atoms with E-state index in [1.807, 2.05) is 19.1 Å². The predicted octanol–water partition coefficient (Wildman–Crippen LogP) is 2.12. The molecule has 0 radical (unpaired) electrons. The van der Waals surface area contributed by atoms with Crippen LogP contribution in [0.5, 0.6) is 5.75 Å². The third kappa shape index (κ3) is 4.09. The van der Waals surface area contributed by atoms with Crippen LogP contribution in [0.15, 0.2) is 24.3 Å². The molecule has 1 aliphatic rings. The second-order valence-electron chi connectivity index (χ2n) is 4.03. The van der Waals surface area contributed by atoms with Gasteiger partial charge in [-0.3, -0.25) is 0 Å². The number of hydrogen-bond donors (Lipinski definition) is 0. The molecule has 0 amide bonds. The Hall–Kier alpha value is -1.83. The van der Waals surface area contributed by atoms with Crippen LogP contribution >= 0.6 is 0 Å². The molecule has 0 spiro atoms. The minimum atomic E-state index is -0.909. The van der Waals surface area contributed by atoms with Crippen molar-refractivity contribution >= 4 is 5.97 Å². The number of hydrogen-bond acceptors (Lipinski definition) is 4. The van der Waals surface area contributed by atoms with Crippen molar-refractivity contribution in [2.75, 3.05) is 13.2 Å². The molecule has 2 rings (SSSR count). The molecule has 0 bridgehead atoms. The fourth-order valence-corrected chi connectivity index (χ4v) is 1.58. The van der Waals surface area contributed by atoms with Crippen LogP contribution in [0.4, 0.5) is 0 Å². The second kappa shape index (κ2) is 6.93. The van der Waals surface area contributed by atoms with Crippen LogP contribution in [0.25, 0.3) is 0 Å². The van der Waals surface area contributed by atoms with Gasteiger partial charge in [-0.05, 0) is 30.7 Å². The predicted molar refractivity (Wildman–Crippen MR) is 69.6 cm³/mol. The van der Waals surface area contributed by atoms with Gasteiger partial charge in [-0.2, -0.15) is 0 Å². The van der Waals surface area contributed by atoms with Gasteiger partial charge in [0, 0.05) is 12.0 Å². The summed E-state index contributed by atoms with van der Waals surface area (Å²) in [5, 5.41) is 0. The summed E-state index contributed by atoms with van der Waals surface area (Å²) in [5.74, 6) is 5.92. The van der Waals surface area contributed by atoms with Crippen molar-refractivity contribution < 1.29 is 19.0 Å². The normalized spacial score (nSPS) is 15.4. The lowest BCUT2D eigenvalue weighted by molar-refractivity contribution is -0.202. The van der Waals surface area contributed by atoms with Gasteiger partial charge in [-0.15, -0.1) is 0 Å². The van der Waals surface area contributed by atoms with E-state index in [0.717, 1.165) is 18.4 Å². The first-order valence-corrected chi connectivity index (χ1v) is 6.33. The summed E-state index contributed by atoms with van der Waals surface area (Å²) in [6.45, 7) is 3.03. The first-order chi connectivity index (χ1) is 9.29. The van der Waals surface area contributed by atoms with Gasteiger partial charge < -0.3 is 14.2 Å². The maximum Gasteiger partial charge on any atom is 0.368 e. The summed E-state index contributed by atoms with van der Waals surface area (Å²) < 4.78 is 15.5. The molecule has 0 aromatic heterocycles. The van der Waals surface area contributed by atoms with Gasteiger partial charge >= 0.3 is 5.97 Å². The summed E-state index contributed by atoms with van der Waals surface area (Å²) in [4.78, 5) is 11.7. The molecule has 0 unspecified atom stereocenters. The van der Waals surface area contributed by atoms with E-state index in [0.29, 0.717) is 19.0 Å². The monoisotopic (exact) mass is 260 g/mol. The molecule has 100 valence electrons.